The van der Waals surface area contributed by atoms with E-state index in [0.29, 0.717) is 30.2 Å². The van der Waals surface area contributed by atoms with Gasteiger partial charge in [-0.3, -0.25) is 19.7 Å². The van der Waals surface area contributed by atoms with E-state index in [4.69, 9.17) is 4.74 Å². The Bertz CT molecular complexity index is 724. The van der Waals surface area contributed by atoms with Crippen LogP contribution in [-0.2, 0) is 16.1 Å². The van der Waals surface area contributed by atoms with E-state index in [1.807, 2.05) is 6.07 Å². The first-order valence-electron chi connectivity index (χ1n) is 7.94. The van der Waals surface area contributed by atoms with Crippen molar-refractivity contribution in [3.63, 3.8) is 0 Å². The summed E-state index contributed by atoms with van der Waals surface area (Å²) >= 11 is 0. The van der Waals surface area contributed by atoms with Crippen molar-refractivity contribution in [2.24, 2.45) is 0 Å². The predicted molar refractivity (Wildman–Crippen MR) is 81.0 cm³/mol. The maximum atomic E-state index is 12.8. The summed E-state index contributed by atoms with van der Waals surface area (Å²) in [4.78, 5) is 37.8. The third kappa shape index (κ3) is 2.29. The van der Waals surface area contributed by atoms with Gasteiger partial charge in [-0.1, -0.05) is 0 Å². The molecule has 2 fully saturated rings. The Labute approximate surface area is 133 Å². The van der Waals surface area contributed by atoms with Crippen LogP contribution in [0, 0.1) is 0 Å². The van der Waals surface area contributed by atoms with Gasteiger partial charge in [-0.2, -0.15) is 0 Å². The van der Waals surface area contributed by atoms with Crippen LogP contribution in [0.4, 0.5) is 0 Å². The zero-order chi connectivity index (χ0) is 16.1. The van der Waals surface area contributed by atoms with Gasteiger partial charge in [0.2, 0.25) is 11.8 Å². The topological polar surface area (TPSA) is 75.7 Å². The molecule has 1 N–H and O–H groups in total. The van der Waals surface area contributed by atoms with Gasteiger partial charge in [-0.25, -0.2) is 0 Å². The number of fused-ring (bicyclic) bond motifs is 1. The van der Waals surface area contributed by atoms with Crippen LogP contribution in [-0.4, -0.2) is 35.8 Å². The molecule has 3 aliphatic rings. The summed E-state index contributed by atoms with van der Waals surface area (Å²) in [5, 5.41) is 2.33. The van der Waals surface area contributed by atoms with Crippen LogP contribution in [0.2, 0.25) is 0 Å². The predicted octanol–water partition coefficient (Wildman–Crippen LogP) is 1.33. The van der Waals surface area contributed by atoms with Gasteiger partial charge in [-0.15, -0.1) is 0 Å². The zero-order valence-corrected chi connectivity index (χ0v) is 12.9. The van der Waals surface area contributed by atoms with Gasteiger partial charge in [0.05, 0.1) is 7.11 Å². The Morgan fingerprint density at radius 2 is 1.96 bits per heavy atom. The molecule has 120 valence electrons. The number of hydrogen-bond donors (Lipinski definition) is 1. The second-order valence-electron chi connectivity index (χ2n) is 6.42. The number of benzene rings is 1. The van der Waals surface area contributed by atoms with Crippen molar-refractivity contribution in [1.82, 2.24) is 10.2 Å². The summed E-state index contributed by atoms with van der Waals surface area (Å²) < 4.78 is 5.33. The molecule has 1 aromatic carbocycles. The van der Waals surface area contributed by atoms with E-state index in [2.05, 4.69) is 5.32 Å². The summed E-state index contributed by atoms with van der Waals surface area (Å²) in [6, 6.07) is 3.21. The summed E-state index contributed by atoms with van der Waals surface area (Å²) in [6.45, 7) is 0.441. The molecule has 1 atom stereocenters. The van der Waals surface area contributed by atoms with Gasteiger partial charge in [-0.05, 0) is 48.4 Å². The minimum absolute atomic E-state index is 0.143. The molecule has 1 saturated heterocycles. The highest BCUT2D eigenvalue weighted by molar-refractivity contribution is 6.05. The van der Waals surface area contributed by atoms with Gasteiger partial charge in [0.15, 0.2) is 0 Å². The molecule has 23 heavy (non-hydrogen) atoms. The number of carbonyl (C=O) groups excluding carboxylic acids is 3. The van der Waals surface area contributed by atoms with Gasteiger partial charge >= 0.3 is 0 Å². The van der Waals surface area contributed by atoms with Crippen LogP contribution in [0.1, 0.15) is 53.1 Å². The van der Waals surface area contributed by atoms with E-state index in [1.54, 1.807) is 18.1 Å². The van der Waals surface area contributed by atoms with Crippen molar-refractivity contribution in [2.75, 3.05) is 7.11 Å². The van der Waals surface area contributed by atoms with Crippen LogP contribution in [0.25, 0.3) is 0 Å². The lowest BCUT2D eigenvalue weighted by atomic mass is 9.99. The van der Waals surface area contributed by atoms with Crippen molar-refractivity contribution >= 4 is 17.7 Å². The summed E-state index contributed by atoms with van der Waals surface area (Å²) in [5.74, 6) is 0.394. The number of imide groups is 1. The van der Waals surface area contributed by atoms with E-state index >= 15 is 0 Å². The van der Waals surface area contributed by atoms with Gasteiger partial charge < -0.3 is 9.64 Å². The third-order valence-electron chi connectivity index (χ3n) is 4.92. The standard InChI is InChI=1S/C17H18N2O4/c1-23-10-6-11(9-2-3-9)13-8-19(17(22)12(13)7-10)14-4-5-15(20)18-16(14)21/h6-7,9,14H,2-5,8H2,1H3,(H,18,20,21). The number of rotatable bonds is 3. The van der Waals surface area contributed by atoms with Crippen LogP contribution in [0.5, 0.6) is 5.75 Å². The second-order valence-corrected chi connectivity index (χ2v) is 6.42. The molecular formula is C17H18N2O4. The molecule has 1 saturated carbocycles. The van der Waals surface area contributed by atoms with E-state index in [0.717, 1.165) is 18.4 Å². The number of nitrogens with one attached hydrogen (secondary N) is 1. The van der Waals surface area contributed by atoms with Crippen molar-refractivity contribution in [1.29, 1.82) is 0 Å². The molecule has 1 unspecified atom stereocenters. The van der Waals surface area contributed by atoms with E-state index in [1.165, 1.54) is 5.56 Å². The minimum Gasteiger partial charge on any atom is -0.497 e. The number of ether oxygens (including phenoxy) is 1. The fourth-order valence-corrected chi connectivity index (χ4v) is 3.54. The lowest BCUT2D eigenvalue weighted by Crippen LogP contribution is -2.52. The highest BCUT2D eigenvalue weighted by Crippen LogP contribution is 2.46. The Balaban J connectivity index is 1.69. The van der Waals surface area contributed by atoms with Crippen LogP contribution in [0.15, 0.2) is 12.1 Å². The normalized spacial score (nSPS) is 23.8. The number of carbonyl (C=O) groups is 3. The van der Waals surface area contributed by atoms with Gasteiger partial charge in [0, 0.05) is 18.5 Å². The van der Waals surface area contributed by atoms with Crippen molar-refractivity contribution in [2.45, 2.75) is 44.2 Å². The molecule has 1 aromatic rings. The lowest BCUT2D eigenvalue weighted by molar-refractivity contribution is -0.136. The van der Waals surface area contributed by atoms with Crippen LogP contribution >= 0.6 is 0 Å². The quantitative estimate of drug-likeness (QED) is 0.854. The largest absolute Gasteiger partial charge is 0.497 e. The first-order valence-corrected chi connectivity index (χ1v) is 7.94. The van der Waals surface area contributed by atoms with Crippen molar-refractivity contribution in [3.05, 3.63) is 28.8 Å². The van der Waals surface area contributed by atoms with Crippen molar-refractivity contribution < 1.29 is 19.1 Å². The molecule has 4 rings (SSSR count). The molecule has 6 heteroatoms. The average Bonchev–Trinajstić information content (AvgIpc) is 3.32. The van der Waals surface area contributed by atoms with Gasteiger partial charge in [0.25, 0.3) is 5.91 Å². The van der Waals surface area contributed by atoms with Crippen LogP contribution < -0.4 is 10.1 Å². The summed E-state index contributed by atoms with van der Waals surface area (Å²) in [6.07, 6.45) is 2.92. The SMILES string of the molecule is COc1cc2c(c(C3CC3)c1)CN(C1CCC(=O)NC1=O)C2=O. The lowest BCUT2D eigenvalue weighted by Gasteiger charge is -2.29. The molecule has 6 nitrogen and oxygen atoms in total. The average molecular weight is 314 g/mol. The number of piperidine rings is 1. The number of nitrogens with zero attached hydrogens (tertiary/aromatic N) is 1. The molecule has 2 heterocycles. The van der Waals surface area contributed by atoms with E-state index in [9.17, 15) is 14.4 Å². The van der Waals surface area contributed by atoms with E-state index < -0.39 is 6.04 Å². The Kier molecular flexibility index (Phi) is 3.14. The maximum Gasteiger partial charge on any atom is 0.255 e. The zero-order valence-electron chi connectivity index (χ0n) is 12.9. The smallest absolute Gasteiger partial charge is 0.255 e. The number of hydrogen-bond acceptors (Lipinski definition) is 4. The Hall–Kier alpha value is -2.37. The number of methoxy groups -OCH3 is 1. The first kappa shape index (κ1) is 14.2. The summed E-state index contributed by atoms with van der Waals surface area (Å²) in [5.41, 5.74) is 2.82. The first-order chi connectivity index (χ1) is 11.1. The second kappa shape index (κ2) is 5.08. The fourth-order valence-electron chi connectivity index (χ4n) is 3.54. The maximum absolute atomic E-state index is 12.8. The van der Waals surface area contributed by atoms with Crippen molar-refractivity contribution in [3.8, 4) is 5.75 Å². The molecular weight excluding hydrogens is 296 g/mol. The molecule has 0 bridgehead atoms. The molecule has 2 aliphatic heterocycles. The van der Waals surface area contributed by atoms with Crippen LogP contribution in [0.3, 0.4) is 0 Å². The van der Waals surface area contributed by atoms with E-state index in [-0.39, 0.29) is 24.1 Å². The Morgan fingerprint density at radius 1 is 1.17 bits per heavy atom. The molecule has 0 aromatic heterocycles. The monoisotopic (exact) mass is 314 g/mol. The molecule has 3 amide bonds. The van der Waals surface area contributed by atoms with Gasteiger partial charge in [0.1, 0.15) is 11.8 Å². The highest BCUT2D eigenvalue weighted by Gasteiger charge is 2.41. The molecule has 0 spiro atoms. The molecule has 0 radical (unpaired) electrons. The summed E-state index contributed by atoms with van der Waals surface area (Å²) in [7, 11) is 1.59. The fraction of sp³-hybridized carbons (Fsp3) is 0.471. The highest BCUT2D eigenvalue weighted by atomic mass is 16.5. The number of amides is 3. The Morgan fingerprint density at radius 3 is 2.61 bits per heavy atom. The third-order valence-corrected chi connectivity index (χ3v) is 4.92. The minimum atomic E-state index is -0.564. The molecule has 1 aliphatic carbocycles.